The molecule has 1 saturated heterocycles. The average Bonchev–Trinajstić information content (AvgIpc) is 3.04. The zero-order chi connectivity index (χ0) is 18.5. The lowest BCUT2D eigenvalue weighted by Gasteiger charge is -2.28. The van der Waals surface area contributed by atoms with Gasteiger partial charge in [0.05, 0.1) is 29.2 Å². The molecule has 3 atom stereocenters. The fourth-order valence-electron chi connectivity index (χ4n) is 3.80. The summed E-state index contributed by atoms with van der Waals surface area (Å²) in [4.78, 5) is 18.6. The molecule has 0 spiro atoms. The second kappa shape index (κ2) is 8.96. The standard InChI is InChI=1S/C21H31N3OS/c1-15(2)10-11-16(3)22-20(25)14-24-12-6-7-17(13-24)21-23-18-8-4-5-9-19(18)26-21/h4-5,8-9,15-17H,6-7,10-14H2,1-3H3,(H,22,25)/p+1/t16-,17+/m1/s1. The number of likely N-dealkylation sites (tertiary alicyclic amines) is 1. The number of fused-ring (bicyclic) bond motifs is 1. The van der Waals surface area contributed by atoms with Crippen molar-refractivity contribution in [2.75, 3.05) is 19.6 Å². The molecule has 1 aliphatic rings. The molecule has 2 aromatic rings. The molecule has 0 radical (unpaired) electrons. The third-order valence-corrected chi connectivity index (χ3v) is 6.47. The van der Waals surface area contributed by atoms with E-state index in [0.717, 1.165) is 31.4 Å². The third kappa shape index (κ3) is 5.27. The Hall–Kier alpha value is -1.46. The van der Waals surface area contributed by atoms with Gasteiger partial charge in [-0.05, 0) is 50.7 Å². The van der Waals surface area contributed by atoms with Gasteiger partial charge in [0.15, 0.2) is 6.54 Å². The molecule has 5 heteroatoms. The highest BCUT2D eigenvalue weighted by Crippen LogP contribution is 2.30. The van der Waals surface area contributed by atoms with E-state index >= 15 is 0 Å². The van der Waals surface area contributed by atoms with Crippen molar-refractivity contribution >= 4 is 27.5 Å². The highest BCUT2D eigenvalue weighted by Gasteiger charge is 2.28. The van der Waals surface area contributed by atoms with Gasteiger partial charge in [-0.2, -0.15) is 0 Å². The van der Waals surface area contributed by atoms with Gasteiger partial charge in [-0.1, -0.05) is 26.0 Å². The van der Waals surface area contributed by atoms with E-state index in [1.165, 1.54) is 27.4 Å². The lowest BCUT2D eigenvalue weighted by atomic mass is 9.98. The first-order valence-electron chi connectivity index (χ1n) is 9.99. The summed E-state index contributed by atoms with van der Waals surface area (Å²) >= 11 is 1.82. The van der Waals surface area contributed by atoms with Gasteiger partial charge in [0.25, 0.3) is 5.91 Å². The predicted octanol–water partition coefficient (Wildman–Crippen LogP) is 3.00. The van der Waals surface area contributed by atoms with E-state index in [0.29, 0.717) is 18.4 Å². The van der Waals surface area contributed by atoms with Crippen LogP contribution in [0, 0.1) is 5.92 Å². The monoisotopic (exact) mass is 374 g/mol. The number of piperidine rings is 1. The lowest BCUT2D eigenvalue weighted by molar-refractivity contribution is -0.898. The molecule has 1 amide bonds. The maximum absolute atomic E-state index is 12.4. The highest BCUT2D eigenvalue weighted by molar-refractivity contribution is 7.18. The average molecular weight is 375 g/mol. The SMILES string of the molecule is CC(C)CC[C@@H](C)NC(=O)C[NH+]1CCC[C@H](c2nc3ccccc3s2)C1. The Bertz CT molecular complexity index is 694. The van der Waals surface area contributed by atoms with Gasteiger partial charge in [0, 0.05) is 6.04 Å². The van der Waals surface area contributed by atoms with Crippen LogP contribution in [-0.4, -0.2) is 36.6 Å². The summed E-state index contributed by atoms with van der Waals surface area (Å²) < 4.78 is 1.27. The molecule has 4 nitrogen and oxygen atoms in total. The van der Waals surface area contributed by atoms with E-state index in [1.54, 1.807) is 0 Å². The van der Waals surface area contributed by atoms with E-state index in [9.17, 15) is 4.79 Å². The summed E-state index contributed by atoms with van der Waals surface area (Å²) in [6.45, 7) is 9.29. The summed E-state index contributed by atoms with van der Waals surface area (Å²) in [5, 5.41) is 4.43. The minimum absolute atomic E-state index is 0.196. The molecule has 1 fully saturated rings. The van der Waals surface area contributed by atoms with Crippen molar-refractivity contribution < 1.29 is 9.69 Å². The number of thiazole rings is 1. The van der Waals surface area contributed by atoms with Crippen molar-refractivity contribution in [2.24, 2.45) is 5.92 Å². The summed E-state index contributed by atoms with van der Waals surface area (Å²) in [6.07, 6.45) is 4.59. The minimum Gasteiger partial charge on any atom is -0.349 e. The van der Waals surface area contributed by atoms with Crippen molar-refractivity contribution in [2.45, 2.75) is 58.4 Å². The second-order valence-electron chi connectivity index (χ2n) is 8.18. The number of amides is 1. The predicted molar refractivity (Wildman–Crippen MR) is 109 cm³/mol. The molecule has 1 unspecified atom stereocenters. The molecule has 0 saturated carbocycles. The Morgan fingerprint density at radius 1 is 1.31 bits per heavy atom. The van der Waals surface area contributed by atoms with Crippen LogP contribution in [0.5, 0.6) is 0 Å². The zero-order valence-electron chi connectivity index (χ0n) is 16.3. The number of aromatic nitrogens is 1. The number of nitrogens with one attached hydrogen (secondary N) is 2. The van der Waals surface area contributed by atoms with Crippen LogP contribution in [0.3, 0.4) is 0 Å². The van der Waals surface area contributed by atoms with Crippen LogP contribution in [0.25, 0.3) is 10.2 Å². The smallest absolute Gasteiger partial charge is 0.275 e. The van der Waals surface area contributed by atoms with Crippen molar-refractivity contribution in [3.8, 4) is 0 Å². The first kappa shape index (κ1) is 19.3. The first-order valence-corrected chi connectivity index (χ1v) is 10.8. The molecule has 142 valence electrons. The largest absolute Gasteiger partial charge is 0.349 e. The Labute approximate surface area is 161 Å². The lowest BCUT2D eigenvalue weighted by Crippen LogP contribution is -3.14. The number of nitrogens with zero attached hydrogens (tertiary/aromatic N) is 1. The van der Waals surface area contributed by atoms with E-state index < -0.39 is 0 Å². The zero-order valence-corrected chi connectivity index (χ0v) is 17.1. The Kier molecular flexibility index (Phi) is 6.65. The van der Waals surface area contributed by atoms with Gasteiger partial charge < -0.3 is 10.2 Å². The molecular formula is C21H32N3OS+. The van der Waals surface area contributed by atoms with E-state index in [4.69, 9.17) is 4.98 Å². The fraction of sp³-hybridized carbons (Fsp3) is 0.619. The quantitative estimate of drug-likeness (QED) is 0.783. The van der Waals surface area contributed by atoms with E-state index in [-0.39, 0.29) is 11.9 Å². The highest BCUT2D eigenvalue weighted by atomic mass is 32.1. The number of rotatable bonds is 7. The molecule has 3 rings (SSSR count). The number of carbonyl (C=O) groups is 1. The number of para-hydroxylation sites is 1. The van der Waals surface area contributed by atoms with Crippen molar-refractivity contribution in [1.82, 2.24) is 10.3 Å². The van der Waals surface area contributed by atoms with Crippen molar-refractivity contribution in [3.05, 3.63) is 29.3 Å². The first-order chi connectivity index (χ1) is 12.5. The van der Waals surface area contributed by atoms with Gasteiger partial charge in [-0.15, -0.1) is 11.3 Å². The van der Waals surface area contributed by atoms with E-state index in [1.807, 2.05) is 11.3 Å². The number of quaternary nitrogens is 1. The number of hydrogen-bond donors (Lipinski definition) is 2. The van der Waals surface area contributed by atoms with Crippen LogP contribution in [0.4, 0.5) is 0 Å². The maximum atomic E-state index is 12.4. The Morgan fingerprint density at radius 2 is 2.12 bits per heavy atom. The van der Waals surface area contributed by atoms with Crippen LogP contribution in [0.15, 0.2) is 24.3 Å². The van der Waals surface area contributed by atoms with Gasteiger partial charge in [0.2, 0.25) is 0 Å². The normalized spacial score (nSPS) is 21.8. The Balaban J connectivity index is 1.52. The number of benzene rings is 1. The molecule has 2 heterocycles. The molecule has 1 aromatic heterocycles. The second-order valence-corrected chi connectivity index (χ2v) is 9.24. The van der Waals surface area contributed by atoms with Crippen molar-refractivity contribution in [3.63, 3.8) is 0 Å². The fourth-order valence-corrected chi connectivity index (χ4v) is 4.90. The summed E-state index contributed by atoms with van der Waals surface area (Å²) in [5.74, 6) is 1.38. The topological polar surface area (TPSA) is 46.4 Å². The van der Waals surface area contributed by atoms with Gasteiger partial charge in [-0.25, -0.2) is 4.98 Å². The molecule has 0 aliphatic carbocycles. The Morgan fingerprint density at radius 3 is 2.88 bits per heavy atom. The minimum atomic E-state index is 0.196. The van der Waals surface area contributed by atoms with Crippen LogP contribution >= 0.6 is 11.3 Å². The molecular weight excluding hydrogens is 342 g/mol. The van der Waals surface area contributed by atoms with Crippen molar-refractivity contribution in [1.29, 1.82) is 0 Å². The van der Waals surface area contributed by atoms with Gasteiger partial charge >= 0.3 is 0 Å². The third-order valence-electron chi connectivity index (χ3n) is 5.27. The van der Waals surface area contributed by atoms with Gasteiger partial charge in [0.1, 0.15) is 5.01 Å². The van der Waals surface area contributed by atoms with Crippen LogP contribution < -0.4 is 10.2 Å². The van der Waals surface area contributed by atoms with Crippen LogP contribution in [0.2, 0.25) is 0 Å². The summed E-state index contributed by atoms with van der Waals surface area (Å²) in [5.41, 5.74) is 1.11. The molecule has 1 aromatic carbocycles. The maximum Gasteiger partial charge on any atom is 0.275 e. The molecule has 0 bridgehead atoms. The summed E-state index contributed by atoms with van der Waals surface area (Å²) in [6, 6.07) is 8.64. The number of hydrogen-bond acceptors (Lipinski definition) is 3. The van der Waals surface area contributed by atoms with Crippen LogP contribution in [-0.2, 0) is 4.79 Å². The summed E-state index contributed by atoms with van der Waals surface area (Å²) in [7, 11) is 0. The van der Waals surface area contributed by atoms with Crippen LogP contribution in [0.1, 0.15) is 57.4 Å². The molecule has 1 aliphatic heterocycles. The van der Waals surface area contributed by atoms with Gasteiger partial charge in [-0.3, -0.25) is 4.79 Å². The van der Waals surface area contributed by atoms with E-state index in [2.05, 4.69) is 50.4 Å². The number of carbonyl (C=O) groups excluding carboxylic acids is 1. The molecule has 2 N–H and O–H groups in total. The molecule has 26 heavy (non-hydrogen) atoms.